The van der Waals surface area contributed by atoms with E-state index in [1.165, 1.54) is 148 Å². The summed E-state index contributed by atoms with van der Waals surface area (Å²) in [5.74, 6) is 0.786. The normalized spacial score (nSPS) is 13.4. The zero-order valence-corrected chi connectivity index (χ0v) is 25.2. The zero-order valence-electron chi connectivity index (χ0n) is 25.2. The summed E-state index contributed by atoms with van der Waals surface area (Å²) in [6, 6.07) is 0. The van der Waals surface area contributed by atoms with Crippen molar-refractivity contribution >= 4 is 0 Å². The lowest BCUT2D eigenvalue weighted by atomic mass is 9.85. The summed E-state index contributed by atoms with van der Waals surface area (Å²) >= 11 is 0. The Kier molecular flexibility index (Phi) is 29.7. The van der Waals surface area contributed by atoms with E-state index < -0.39 is 0 Å². The van der Waals surface area contributed by atoms with Crippen LogP contribution in [-0.4, -0.2) is 6.54 Å². The van der Waals surface area contributed by atoms with Crippen LogP contribution in [0, 0.1) is 5.92 Å². The molecule has 0 radical (unpaired) electrons. The van der Waals surface area contributed by atoms with E-state index in [4.69, 9.17) is 5.73 Å². The summed E-state index contributed by atoms with van der Waals surface area (Å²) in [6.07, 6.45) is 44.5. The third-order valence-corrected chi connectivity index (χ3v) is 7.58. The minimum absolute atomic E-state index is 0.786. The molecule has 0 aliphatic rings. The van der Waals surface area contributed by atoms with Crippen molar-refractivity contribution in [3.63, 3.8) is 0 Å². The van der Waals surface area contributed by atoms with Crippen molar-refractivity contribution in [2.45, 2.75) is 175 Å². The van der Waals surface area contributed by atoms with Gasteiger partial charge in [0.05, 0.1) is 0 Å². The predicted octanol–water partition coefficient (Wildman–Crippen LogP) is 12.0. The second-order valence-corrected chi connectivity index (χ2v) is 11.1. The molecule has 0 aliphatic heterocycles. The Morgan fingerprint density at radius 1 is 0.528 bits per heavy atom. The number of hydrogen-bond acceptors (Lipinski definition) is 1. The Hall–Kier alpha value is -0.820. The lowest BCUT2D eigenvalue weighted by Gasteiger charge is -2.21. The molecule has 0 heterocycles. The highest BCUT2D eigenvalue weighted by molar-refractivity contribution is 5.10. The van der Waals surface area contributed by atoms with Gasteiger partial charge < -0.3 is 5.73 Å². The van der Waals surface area contributed by atoms with Crippen molar-refractivity contribution in [1.29, 1.82) is 0 Å². The summed E-state index contributed by atoms with van der Waals surface area (Å²) < 4.78 is 0. The van der Waals surface area contributed by atoms with E-state index in [1.807, 2.05) is 0 Å². The van der Waals surface area contributed by atoms with Crippen molar-refractivity contribution < 1.29 is 0 Å². The molecule has 0 aliphatic carbocycles. The highest BCUT2D eigenvalue weighted by Gasteiger charge is 2.13. The first-order valence-corrected chi connectivity index (χ1v) is 16.5. The van der Waals surface area contributed by atoms with Crippen LogP contribution in [0.4, 0.5) is 0 Å². The molecule has 2 N–H and O–H groups in total. The Morgan fingerprint density at radius 2 is 1.06 bits per heavy atom. The summed E-state index contributed by atoms with van der Waals surface area (Å²) in [5, 5.41) is 0. The molecule has 1 atom stereocenters. The Bertz CT molecular complexity index is 501. The maximum absolute atomic E-state index is 5.69. The topological polar surface area (TPSA) is 26.0 Å². The number of hydrogen-bond donors (Lipinski definition) is 1. The molecular formula is C35H67N. The van der Waals surface area contributed by atoms with Gasteiger partial charge in [-0.2, -0.15) is 0 Å². The average Bonchev–Trinajstić information content (AvgIpc) is 2.89. The fourth-order valence-electron chi connectivity index (χ4n) is 5.15. The van der Waals surface area contributed by atoms with Gasteiger partial charge in [0.1, 0.15) is 0 Å². The van der Waals surface area contributed by atoms with Crippen LogP contribution in [0.1, 0.15) is 175 Å². The van der Waals surface area contributed by atoms with Crippen LogP contribution in [0.25, 0.3) is 0 Å². The molecule has 0 bridgehead atoms. The largest absolute Gasteiger partial charge is 0.330 e. The molecule has 0 aromatic carbocycles. The van der Waals surface area contributed by atoms with E-state index in [0.29, 0.717) is 0 Å². The molecule has 212 valence electrons. The van der Waals surface area contributed by atoms with E-state index in [0.717, 1.165) is 18.9 Å². The molecular weight excluding hydrogens is 434 g/mol. The lowest BCUT2D eigenvalue weighted by molar-refractivity contribution is 0.459. The van der Waals surface area contributed by atoms with Crippen molar-refractivity contribution in [3.05, 3.63) is 36.0 Å². The minimum Gasteiger partial charge on any atom is -0.330 e. The minimum atomic E-state index is 0.786. The van der Waals surface area contributed by atoms with Crippen LogP contribution in [0.15, 0.2) is 36.0 Å². The van der Waals surface area contributed by atoms with Crippen molar-refractivity contribution in [2.24, 2.45) is 11.7 Å². The van der Waals surface area contributed by atoms with Crippen molar-refractivity contribution in [3.8, 4) is 0 Å². The Labute approximate surface area is 228 Å². The van der Waals surface area contributed by atoms with E-state index >= 15 is 0 Å². The van der Waals surface area contributed by atoms with Gasteiger partial charge in [0.2, 0.25) is 0 Å². The predicted molar refractivity (Wildman–Crippen MR) is 167 cm³/mol. The van der Waals surface area contributed by atoms with Gasteiger partial charge in [-0.05, 0) is 83.1 Å². The Balaban J connectivity index is 4.98. The molecule has 0 spiro atoms. The molecule has 0 aromatic heterocycles. The number of rotatable bonds is 28. The van der Waals surface area contributed by atoms with E-state index in [2.05, 4.69) is 51.2 Å². The second kappa shape index (κ2) is 30.4. The van der Waals surface area contributed by atoms with E-state index in [1.54, 1.807) is 5.57 Å². The van der Waals surface area contributed by atoms with Crippen LogP contribution >= 0.6 is 0 Å². The van der Waals surface area contributed by atoms with Crippen molar-refractivity contribution in [1.82, 2.24) is 0 Å². The third-order valence-electron chi connectivity index (χ3n) is 7.58. The van der Waals surface area contributed by atoms with Gasteiger partial charge in [-0.15, -0.1) is 0 Å². The maximum atomic E-state index is 5.69. The number of nitrogens with two attached hydrogens (primary N) is 1. The molecule has 0 saturated heterocycles. The van der Waals surface area contributed by atoms with E-state index in [-0.39, 0.29) is 0 Å². The van der Waals surface area contributed by atoms with E-state index in [9.17, 15) is 0 Å². The SMILES string of the molecule is CCCCC/C=C/C/C=C(/CCCCCCCN)C(CC/C=C/CCCCC)CCCCCCCC. The highest BCUT2D eigenvalue weighted by Crippen LogP contribution is 2.29. The fraction of sp³-hybridized carbons (Fsp3) is 0.829. The first kappa shape index (κ1) is 35.2. The van der Waals surface area contributed by atoms with Gasteiger partial charge in [-0.1, -0.05) is 140 Å². The molecule has 0 saturated carbocycles. The molecule has 36 heavy (non-hydrogen) atoms. The maximum Gasteiger partial charge on any atom is -0.00773 e. The Morgan fingerprint density at radius 3 is 1.72 bits per heavy atom. The monoisotopic (exact) mass is 502 g/mol. The fourth-order valence-corrected chi connectivity index (χ4v) is 5.15. The molecule has 0 aromatic rings. The zero-order chi connectivity index (χ0) is 26.4. The molecule has 1 heteroatoms. The molecule has 1 unspecified atom stereocenters. The molecule has 0 fully saturated rings. The highest BCUT2D eigenvalue weighted by atomic mass is 14.5. The summed E-state index contributed by atoms with van der Waals surface area (Å²) in [4.78, 5) is 0. The first-order chi connectivity index (χ1) is 17.8. The summed E-state index contributed by atoms with van der Waals surface area (Å²) in [5.41, 5.74) is 7.47. The smallest absolute Gasteiger partial charge is 0.00773 e. The first-order valence-electron chi connectivity index (χ1n) is 16.5. The number of allylic oxidation sites excluding steroid dienone is 6. The van der Waals surface area contributed by atoms with Crippen LogP contribution in [0.5, 0.6) is 0 Å². The van der Waals surface area contributed by atoms with Crippen LogP contribution in [0.2, 0.25) is 0 Å². The van der Waals surface area contributed by atoms with Crippen LogP contribution < -0.4 is 5.73 Å². The third kappa shape index (κ3) is 24.9. The van der Waals surface area contributed by atoms with Gasteiger partial charge >= 0.3 is 0 Å². The van der Waals surface area contributed by atoms with Gasteiger partial charge in [0, 0.05) is 0 Å². The summed E-state index contributed by atoms with van der Waals surface area (Å²) in [6.45, 7) is 7.75. The summed E-state index contributed by atoms with van der Waals surface area (Å²) in [7, 11) is 0. The van der Waals surface area contributed by atoms with Crippen LogP contribution in [0.3, 0.4) is 0 Å². The van der Waals surface area contributed by atoms with Crippen molar-refractivity contribution in [2.75, 3.05) is 6.54 Å². The second-order valence-electron chi connectivity index (χ2n) is 11.1. The molecule has 0 rings (SSSR count). The number of unbranched alkanes of at least 4 members (excludes halogenated alkanes) is 15. The average molecular weight is 502 g/mol. The van der Waals surface area contributed by atoms with Crippen LogP contribution in [-0.2, 0) is 0 Å². The lowest BCUT2D eigenvalue weighted by Crippen LogP contribution is -2.06. The van der Waals surface area contributed by atoms with Gasteiger partial charge in [0.15, 0.2) is 0 Å². The molecule has 1 nitrogen and oxygen atoms in total. The quantitative estimate of drug-likeness (QED) is 0.0836. The van der Waals surface area contributed by atoms with Gasteiger partial charge in [-0.3, -0.25) is 0 Å². The van der Waals surface area contributed by atoms with Gasteiger partial charge in [0.25, 0.3) is 0 Å². The van der Waals surface area contributed by atoms with Gasteiger partial charge in [-0.25, -0.2) is 0 Å². The standard InChI is InChI=1S/C35H67N/c1-4-7-10-13-16-20-25-30-34(29-24-19-15-12-9-6-3)35(32-27-22-18-23-28-33-36)31-26-21-17-14-11-8-5-2/h16-17,20-21,31,34H,4-15,18-19,22-30,32-33,36H2,1-3H3/b20-16+,21-17+,35-31-. The molecule has 0 amide bonds.